The van der Waals surface area contributed by atoms with E-state index in [0.717, 1.165) is 24.0 Å². The monoisotopic (exact) mass is 494 g/mol. The first-order valence-electron chi connectivity index (χ1n) is 12.1. The van der Waals surface area contributed by atoms with Gasteiger partial charge in [-0.15, -0.1) is 0 Å². The van der Waals surface area contributed by atoms with Gasteiger partial charge in [-0.1, -0.05) is 54.1 Å². The zero-order valence-electron chi connectivity index (χ0n) is 19.9. The highest BCUT2D eigenvalue weighted by Gasteiger charge is 2.70. The van der Waals surface area contributed by atoms with Crippen LogP contribution in [0.25, 0.3) is 0 Å². The van der Waals surface area contributed by atoms with Crippen molar-refractivity contribution in [3.63, 3.8) is 0 Å². The summed E-state index contributed by atoms with van der Waals surface area (Å²) in [6, 6.07) is 17.4. The quantitative estimate of drug-likeness (QED) is 0.523. The third-order valence-electron chi connectivity index (χ3n) is 7.83. The molecule has 0 radical (unpaired) electrons. The molecule has 0 aromatic heterocycles. The molecule has 3 aliphatic rings. The van der Waals surface area contributed by atoms with Crippen LogP contribution in [0.1, 0.15) is 36.9 Å². The molecular weight excluding hydrogens is 464 g/mol. The van der Waals surface area contributed by atoms with Gasteiger partial charge in [-0.2, -0.15) is 5.01 Å². The van der Waals surface area contributed by atoms with Crippen LogP contribution in [-0.4, -0.2) is 35.5 Å². The van der Waals surface area contributed by atoms with E-state index in [4.69, 9.17) is 22.1 Å². The number of hydrazine groups is 1. The predicted octanol–water partition coefficient (Wildman–Crippen LogP) is 3.32. The number of hydrogen-bond acceptors (Lipinski definition) is 5. The molecular formula is C27H31ClN4O3. The van der Waals surface area contributed by atoms with Gasteiger partial charge >= 0.3 is 0 Å². The molecule has 0 spiro atoms. The highest BCUT2D eigenvalue weighted by molar-refractivity contribution is 6.30. The van der Waals surface area contributed by atoms with E-state index < -0.39 is 11.4 Å². The first-order valence-corrected chi connectivity index (χ1v) is 12.4. The molecule has 2 fully saturated rings. The highest BCUT2D eigenvalue weighted by Crippen LogP contribution is 2.65. The minimum Gasteiger partial charge on any atom is -0.374 e. The van der Waals surface area contributed by atoms with Crippen molar-refractivity contribution in [3.05, 3.63) is 82.5 Å². The molecule has 0 saturated heterocycles. The average Bonchev–Trinajstić information content (AvgIpc) is 3.21. The fraction of sp³-hybridized carbons (Fsp3) is 0.407. The van der Waals surface area contributed by atoms with Gasteiger partial charge in [0.05, 0.1) is 18.8 Å². The van der Waals surface area contributed by atoms with Gasteiger partial charge in [0.25, 0.3) is 5.91 Å². The second kappa shape index (κ2) is 9.30. The van der Waals surface area contributed by atoms with Crippen LogP contribution in [0.5, 0.6) is 0 Å². The van der Waals surface area contributed by atoms with E-state index in [1.807, 2.05) is 54.4 Å². The van der Waals surface area contributed by atoms with Crippen molar-refractivity contribution >= 4 is 23.4 Å². The maximum absolute atomic E-state index is 13.2. The molecule has 7 nitrogen and oxygen atoms in total. The molecule has 2 aliphatic carbocycles. The second-order valence-corrected chi connectivity index (χ2v) is 10.2. The smallest absolute Gasteiger partial charge is 0.268 e. The fourth-order valence-corrected chi connectivity index (χ4v) is 6.31. The SMILES string of the molecule is CNC(=O)C1=CC(C(N)=O)(C2[C@H]3CC(OCc4ccccc4)C[C@@H]23)N([C@@H](C)c2cccc(Cl)c2)N1. The van der Waals surface area contributed by atoms with E-state index in [-0.39, 0.29) is 24.0 Å². The lowest BCUT2D eigenvalue weighted by molar-refractivity contribution is -0.132. The number of hydrogen-bond donors (Lipinski definition) is 3. The Morgan fingerprint density at radius 2 is 1.91 bits per heavy atom. The Labute approximate surface area is 210 Å². The predicted molar refractivity (Wildman–Crippen MR) is 134 cm³/mol. The number of ether oxygens (including phenoxy) is 1. The third kappa shape index (κ3) is 4.22. The van der Waals surface area contributed by atoms with Gasteiger partial charge in [0.2, 0.25) is 5.91 Å². The Kier molecular flexibility index (Phi) is 6.34. The van der Waals surface area contributed by atoms with E-state index in [9.17, 15) is 9.59 Å². The lowest BCUT2D eigenvalue weighted by Gasteiger charge is -2.40. The Bertz CT molecular complexity index is 1140. The van der Waals surface area contributed by atoms with Crippen molar-refractivity contribution in [2.45, 2.75) is 44.1 Å². The van der Waals surface area contributed by atoms with Crippen molar-refractivity contribution in [1.29, 1.82) is 0 Å². The third-order valence-corrected chi connectivity index (χ3v) is 8.06. The van der Waals surface area contributed by atoms with Crippen molar-refractivity contribution in [1.82, 2.24) is 15.8 Å². The van der Waals surface area contributed by atoms with Crippen LogP contribution in [-0.2, 0) is 20.9 Å². The van der Waals surface area contributed by atoms with Gasteiger partial charge in [0.15, 0.2) is 0 Å². The summed E-state index contributed by atoms with van der Waals surface area (Å²) in [6.45, 7) is 2.57. The number of rotatable bonds is 8. The Morgan fingerprint density at radius 3 is 2.54 bits per heavy atom. The molecule has 8 heteroatoms. The largest absolute Gasteiger partial charge is 0.374 e. The number of benzene rings is 2. The number of carbonyl (C=O) groups is 2. The molecule has 1 heterocycles. The summed E-state index contributed by atoms with van der Waals surface area (Å²) in [5.41, 5.74) is 10.6. The molecule has 6 atom stereocenters. The van der Waals surface area contributed by atoms with Crippen molar-refractivity contribution in [3.8, 4) is 0 Å². The number of likely N-dealkylation sites (N-methyl/N-ethyl adjacent to an activating group) is 1. The number of nitrogens with two attached hydrogens (primary N) is 1. The Hall–Kier alpha value is -2.87. The lowest BCUT2D eigenvalue weighted by atomic mass is 9.84. The van der Waals surface area contributed by atoms with Crippen LogP contribution in [0.15, 0.2) is 66.4 Å². The summed E-state index contributed by atoms with van der Waals surface area (Å²) in [7, 11) is 1.57. The summed E-state index contributed by atoms with van der Waals surface area (Å²) >= 11 is 6.25. The van der Waals surface area contributed by atoms with E-state index in [1.165, 1.54) is 0 Å². The molecule has 5 rings (SSSR count). The number of nitrogens with one attached hydrogen (secondary N) is 2. The number of nitrogens with zero attached hydrogens (tertiary/aromatic N) is 1. The summed E-state index contributed by atoms with van der Waals surface area (Å²) < 4.78 is 6.19. The van der Waals surface area contributed by atoms with Crippen LogP contribution in [0.2, 0.25) is 5.02 Å². The van der Waals surface area contributed by atoms with E-state index in [0.29, 0.717) is 29.2 Å². The minimum absolute atomic E-state index is 0.00728. The van der Waals surface area contributed by atoms with Gasteiger partial charge in [-0.25, -0.2) is 0 Å². The van der Waals surface area contributed by atoms with Gasteiger partial charge in [0, 0.05) is 12.1 Å². The summed E-state index contributed by atoms with van der Waals surface area (Å²) in [5, 5.41) is 5.12. The molecule has 3 unspecified atom stereocenters. The topological polar surface area (TPSA) is 96.7 Å². The number of primary amides is 1. The van der Waals surface area contributed by atoms with Crippen LogP contribution in [0.3, 0.4) is 0 Å². The Morgan fingerprint density at radius 1 is 1.20 bits per heavy atom. The number of halogens is 1. The molecule has 0 bridgehead atoms. The van der Waals surface area contributed by atoms with E-state index in [1.54, 1.807) is 13.1 Å². The number of carbonyl (C=O) groups excluding carboxylic acids is 2. The molecule has 35 heavy (non-hydrogen) atoms. The molecule has 1 aliphatic heterocycles. The maximum atomic E-state index is 13.2. The summed E-state index contributed by atoms with van der Waals surface area (Å²) in [5.74, 6) is -0.128. The van der Waals surface area contributed by atoms with Crippen LogP contribution in [0, 0.1) is 17.8 Å². The first-order chi connectivity index (χ1) is 16.8. The number of amides is 2. The minimum atomic E-state index is -1.12. The average molecular weight is 495 g/mol. The first kappa shape index (κ1) is 23.9. The molecule has 184 valence electrons. The van der Waals surface area contributed by atoms with E-state index >= 15 is 0 Å². The van der Waals surface area contributed by atoms with Crippen molar-refractivity contribution < 1.29 is 14.3 Å². The zero-order chi connectivity index (χ0) is 24.7. The van der Waals surface area contributed by atoms with Gasteiger partial charge in [-0.05, 0) is 66.9 Å². The lowest BCUT2D eigenvalue weighted by Crippen LogP contribution is -2.60. The van der Waals surface area contributed by atoms with E-state index in [2.05, 4.69) is 22.9 Å². The normalized spacial score (nSPS) is 30.2. The summed E-state index contributed by atoms with van der Waals surface area (Å²) in [6.07, 6.45) is 3.64. The van der Waals surface area contributed by atoms with Crippen LogP contribution in [0.4, 0.5) is 0 Å². The summed E-state index contributed by atoms with van der Waals surface area (Å²) in [4.78, 5) is 25.8. The van der Waals surface area contributed by atoms with Gasteiger partial charge in [-0.3, -0.25) is 9.59 Å². The van der Waals surface area contributed by atoms with Gasteiger partial charge < -0.3 is 21.2 Å². The fourth-order valence-electron chi connectivity index (χ4n) is 6.11. The van der Waals surface area contributed by atoms with Crippen molar-refractivity contribution in [2.75, 3.05) is 7.05 Å². The molecule has 2 aromatic carbocycles. The molecule has 2 aromatic rings. The zero-order valence-corrected chi connectivity index (χ0v) is 20.7. The molecule has 4 N–H and O–H groups in total. The highest BCUT2D eigenvalue weighted by atomic mass is 35.5. The van der Waals surface area contributed by atoms with Crippen LogP contribution < -0.4 is 16.5 Å². The Balaban J connectivity index is 1.38. The maximum Gasteiger partial charge on any atom is 0.268 e. The standard InChI is InChI=1S/C27H31ClN4O3/c1-16(18-9-6-10-19(28)11-18)32-27(26(29)34,14-23(31-32)25(33)30-2)24-21-12-20(13-22(21)24)35-15-17-7-4-3-5-8-17/h3-11,14,16,20-22,24,31H,12-13,15H2,1-2H3,(H2,29,34)(H,30,33)/t16-,20?,21-,22+,24?,27?/m0/s1. The molecule has 2 saturated carbocycles. The van der Waals surface area contributed by atoms with Crippen LogP contribution >= 0.6 is 11.6 Å². The second-order valence-electron chi connectivity index (χ2n) is 9.78. The van der Waals surface area contributed by atoms with Crippen molar-refractivity contribution in [2.24, 2.45) is 23.5 Å². The number of fused-ring (bicyclic) bond motifs is 1. The van der Waals surface area contributed by atoms with Gasteiger partial charge in [0.1, 0.15) is 11.2 Å². The molecule has 2 amide bonds.